The van der Waals surface area contributed by atoms with Crippen molar-refractivity contribution >= 4 is 25.7 Å². The van der Waals surface area contributed by atoms with Crippen LogP contribution in [-0.2, 0) is 20.0 Å². The molecule has 0 aliphatic carbocycles. The minimum absolute atomic E-state index is 0.0678. The lowest BCUT2D eigenvalue weighted by molar-refractivity contribution is 0.491. The second-order valence-corrected chi connectivity index (χ2v) is 9.81. The number of hydrogen-bond acceptors (Lipinski definition) is 4. The molecular formula is C16H19FN2O4S2. The Morgan fingerprint density at radius 3 is 2.00 bits per heavy atom. The quantitative estimate of drug-likeness (QED) is 0.826. The number of sulfonamides is 2. The summed E-state index contributed by atoms with van der Waals surface area (Å²) in [6, 6.07) is 9.75. The second kappa shape index (κ2) is 6.74. The summed E-state index contributed by atoms with van der Waals surface area (Å²) in [6.07, 6.45) is 0. The third-order valence-electron chi connectivity index (χ3n) is 2.96. The van der Waals surface area contributed by atoms with Crippen LogP contribution in [0.2, 0.25) is 0 Å². The normalized spacial score (nSPS) is 12.8. The van der Waals surface area contributed by atoms with Crippen LogP contribution in [0.4, 0.5) is 10.1 Å². The summed E-state index contributed by atoms with van der Waals surface area (Å²) >= 11 is 0. The van der Waals surface area contributed by atoms with Crippen LogP contribution in [-0.4, -0.2) is 22.4 Å². The number of halogens is 1. The van der Waals surface area contributed by atoms with E-state index in [9.17, 15) is 21.2 Å². The fraction of sp³-hybridized carbons (Fsp3) is 0.250. The smallest absolute Gasteiger partial charge is 0.261 e. The van der Waals surface area contributed by atoms with Crippen molar-refractivity contribution < 1.29 is 21.2 Å². The third kappa shape index (κ3) is 5.25. The first-order chi connectivity index (χ1) is 11.4. The van der Waals surface area contributed by atoms with Gasteiger partial charge in [-0.05, 0) is 63.2 Å². The van der Waals surface area contributed by atoms with Gasteiger partial charge in [0.15, 0.2) is 0 Å². The highest BCUT2D eigenvalue weighted by Gasteiger charge is 2.23. The Hall–Kier alpha value is -1.97. The van der Waals surface area contributed by atoms with E-state index in [0.29, 0.717) is 0 Å². The monoisotopic (exact) mass is 386 g/mol. The highest BCUT2D eigenvalue weighted by Crippen LogP contribution is 2.20. The fourth-order valence-corrected chi connectivity index (χ4v) is 4.53. The highest BCUT2D eigenvalue weighted by atomic mass is 32.2. The van der Waals surface area contributed by atoms with Gasteiger partial charge in [-0.3, -0.25) is 4.72 Å². The Morgan fingerprint density at radius 1 is 0.840 bits per heavy atom. The molecule has 25 heavy (non-hydrogen) atoms. The molecule has 0 saturated heterocycles. The molecule has 2 aromatic carbocycles. The standard InChI is InChI=1S/C16H19FN2O4S2/c1-16(2,3)19-25(22,23)15-6-4-5-13(11-15)18-24(20,21)14-9-7-12(17)8-10-14/h4-11,18-19H,1-3H3. The summed E-state index contributed by atoms with van der Waals surface area (Å²) in [5.41, 5.74) is -0.594. The van der Waals surface area contributed by atoms with Gasteiger partial charge >= 0.3 is 0 Å². The molecule has 0 saturated carbocycles. The molecule has 2 aromatic rings. The average Bonchev–Trinajstić information content (AvgIpc) is 2.45. The maximum atomic E-state index is 12.9. The summed E-state index contributed by atoms with van der Waals surface area (Å²) in [4.78, 5) is -0.197. The van der Waals surface area contributed by atoms with Crippen LogP contribution in [0.3, 0.4) is 0 Å². The molecular weight excluding hydrogens is 367 g/mol. The van der Waals surface area contributed by atoms with Crippen LogP contribution in [0.1, 0.15) is 20.8 Å². The zero-order chi connectivity index (χ0) is 18.9. The number of hydrogen-bond donors (Lipinski definition) is 2. The van der Waals surface area contributed by atoms with Gasteiger partial charge in [-0.1, -0.05) is 6.07 Å². The molecule has 0 aromatic heterocycles. The Bertz CT molecular complexity index is 964. The maximum Gasteiger partial charge on any atom is 0.261 e. The van der Waals surface area contributed by atoms with E-state index in [0.717, 1.165) is 24.3 Å². The third-order valence-corrected chi connectivity index (χ3v) is 6.11. The van der Waals surface area contributed by atoms with Crippen LogP contribution in [0.25, 0.3) is 0 Å². The van der Waals surface area contributed by atoms with Gasteiger partial charge in [-0.25, -0.2) is 25.9 Å². The minimum Gasteiger partial charge on any atom is -0.280 e. The lowest BCUT2D eigenvalue weighted by atomic mass is 10.1. The van der Waals surface area contributed by atoms with Crippen molar-refractivity contribution in [3.63, 3.8) is 0 Å². The molecule has 0 unspecified atom stereocenters. The number of rotatable bonds is 5. The first kappa shape index (κ1) is 19.4. The fourth-order valence-electron chi connectivity index (χ4n) is 2.02. The highest BCUT2D eigenvalue weighted by molar-refractivity contribution is 7.92. The van der Waals surface area contributed by atoms with Gasteiger partial charge in [0.1, 0.15) is 5.82 Å². The van der Waals surface area contributed by atoms with Crippen LogP contribution < -0.4 is 9.44 Å². The second-order valence-electron chi connectivity index (χ2n) is 6.44. The molecule has 0 amide bonds. The maximum absolute atomic E-state index is 12.9. The zero-order valence-corrected chi connectivity index (χ0v) is 15.6. The molecule has 0 atom stereocenters. The number of benzene rings is 2. The molecule has 0 aliphatic heterocycles. The zero-order valence-electron chi connectivity index (χ0n) is 13.9. The van der Waals surface area contributed by atoms with Crippen LogP contribution in [0.15, 0.2) is 58.3 Å². The molecule has 0 spiro atoms. The molecule has 6 nitrogen and oxygen atoms in total. The van der Waals surface area contributed by atoms with E-state index < -0.39 is 31.4 Å². The molecule has 0 heterocycles. The van der Waals surface area contributed by atoms with Crippen LogP contribution in [0.5, 0.6) is 0 Å². The van der Waals surface area contributed by atoms with E-state index in [2.05, 4.69) is 9.44 Å². The predicted octanol–water partition coefficient (Wildman–Crippen LogP) is 2.70. The molecule has 2 rings (SSSR count). The van der Waals surface area contributed by atoms with Gasteiger partial charge in [-0.15, -0.1) is 0 Å². The summed E-state index contributed by atoms with van der Waals surface area (Å²) in [7, 11) is -7.76. The van der Waals surface area contributed by atoms with Crippen LogP contribution >= 0.6 is 0 Å². The first-order valence-corrected chi connectivity index (χ1v) is 10.3. The SMILES string of the molecule is CC(C)(C)NS(=O)(=O)c1cccc(NS(=O)(=O)c2ccc(F)cc2)c1. The van der Waals surface area contributed by atoms with Crippen LogP contribution in [0, 0.1) is 5.82 Å². The Kier molecular flexibility index (Phi) is 5.22. The van der Waals surface area contributed by atoms with E-state index in [1.54, 1.807) is 20.8 Å². The first-order valence-electron chi connectivity index (χ1n) is 7.31. The van der Waals surface area contributed by atoms with Gasteiger partial charge < -0.3 is 0 Å². The lowest BCUT2D eigenvalue weighted by Crippen LogP contribution is -2.40. The van der Waals surface area contributed by atoms with Gasteiger partial charge in [0.05, 0.1) is 15.5 Å². The molecule has 0 aliphatic rings. The van der Waals surface area contributed by atoms with Crippen molar-refractivity contribution in [2.24, 2.45) is 0 Å². The Balaban J connectivity index is 2.32. The van der Waals surface area contributed by atoms with Crippen molar-refractivity contribution in [2.45, 2.75) is 36.1 Å². The van der Waals surface area contributed by atoms with E-state index in [1.165, 1.54) is 24.3 Å². The topological polar surface area (TPSA) is 92.3 Å². The van der Waals surface area contributed by atoms with E-state index >= 15 is 0 Å². The Labute approximate surface area is 147 Å². The summed E-state index contributed by atoms with van der Waals surface area (Å²) < 4.78 is 67.0. The summed E-state index contributed by atoms with van der Waals surface area (Å²) in [5, 5.41) is 0. The number of nitrogens with one attached hydrogen (secondary N) is 2. The molecule has 0 fully saturated rings. The van der Waals surface area contributed by atoms with Crippen molar-refractivity contribution in [1.29, 1.82) is 0 Å². The van der Waals surface area contributed by atoms with Crippen molar-refractivity contribution in [2.75, 3.05) is 4.72 Å². The van der Waals surface area contributed by atoms with Gasteiger partial charge in [0, 0.05) is 5.54 Å². The predicted molar refractivity (Wildman–Crippen MR) is 93.7 cm³/mol. The number of anilines is 1. The molecule has 136 valence electrons. The minimum atomic E-state index is -3.96. The molecule has 9 heteroatoms. The average molecular weight is 386 g/mol. The lowest BCUT2D eigenvalue weighted by Gasteiger charge is -2.20. The van der Waals surface area contributed by atoms with Gasteiger partial charge in [0.2, 0.25) is 10.0 Å². The molecule has 0 radical (unpaired) electrons. The largest absolute Gasteiger partial charge is 0.280 e. The van der Waals surface area contributed by atoms with Crippen molar-refractivity contribution in [3.05, 3.63) is 54.3 Å². The van der Waals surface area contributed by atoms with Crippen molar-refractivity contribution in [3.8, 4) is 0 Å². The Morgan fingerprint density at radius 2 is 1.44 bits per heavy atom. The molecule has 0 bridgehead atoms. The van der Waals surface area contributed by atoms with E-state index in [1.807, 2.05) is 0 Å². The summed E-state index contributed by atoms with van der Waals surface area (Å²) in [6.45, 7) is 5.10. The van der Waals surface area contributed by atoms with E-state index in [-0.39, 0.29) is 15.5 Å². The van der Waals surface area contributed by atoms with Gasteiger partial charge in [0.25, 0.3) is 10.0 Å². The van der Waals surface area contributed by atoms with E-state index in [4.69, 9.17) is 0 Å². The summed E-state index contributed by atoms with van der Waals surface area (Å²) in [5.74, 6) is -0.555. The molecule has 2 N–H and O–H groups in total. The van der Waals surface area contributed by atoms with Gasteiger partial charge in [-0.2, -0.15) is 0 Å². The van der Waals surface area contributed by atoms with Crippen molar-refractivity contribution in [1.82, 2.24) is 4.72 Å².